The van der Waals surface area contributed by atoms with Gasteiger partial charge in [-0.15, -0.1) is 0 Å². The summed E-state index contributed by atoms with van der Waals surface area (Å²) >= 11 is 1.28. The van der Waals surface area contributed by atoms with Crippen molar-refractivity contribution in [1.29, 1.82) is 0 Å². The number of hydrogen-bond acceptors (Lipinski definition) is 8. The van der Waals surface area contributed by atoms with Crippen molar-refractivity contribution >= 4 is 51.3 Å². The number of anilines is 1. The molecule has 2 aromatic carbocycles. The summed E-state index contributed by atoms with van der Waals surface area (Å²) in [6.07, 6.45) is 2.95. The zero-order valence-corrected chi connectivity index (χ0v) is 23.3. The molecule has 12 heteroatoms. The van der Waals surface area contributed by atoms with Gasteiger partial charge in [-0.25, -0.2) is 13.8 Å². The summed E-state index contributed by atoms with van der Waals surface area (Å²) in [6, 6.07) is 12.2. The van der Waals surface area contributed by atoms with Crippen molar-refractivity contribution < 1.29 is 28.6 Å². The van der Waals surface area contributed by atoms with Gasteiger partial charge < -0.3 is 25.2 Å². The van der Waals surface area contributed by atoms with E-state index in [-0.39, 0.29) is 23.5 Å². The molecule has 0 radical (unpaired) electrons. The normalized spacial score (nSPS) is 12.0. The van der Waals surface area contributed by atoms with Crippen molar-refractivity contribution in [2.45, 2.75) is 19.4 Å². The van der Waals surface area contributed by atoms with E-state index in [1.165, 1.54) is 36.3 Å². The number of aliphatic hydroxyl groups is 2. The minimum atomic E-state index is -1.06. The topological polar surface area (TPSA) is 140 Å². The van der Waals surface area contributed by atoms with Crippen molar-refractivity contribution in [3.05, 3.63) is 89.4 Å². The van der Waals surface area contributed by atoms with Crippen LogP contribution in [-0.4, -0.2) is 61.9 Å². The number of nitrogens with one attached hydrogen (secondary N) is 3. The molecule has 216 valence electrons. The maximum absolute atomic E-state index is 15.2. The molecule has 42 heavy (non-hydrogen) atoms. The third kappa shape index (κ3) is 5.96. The number of nitrogens with zero attached hydrogens (tertiary/aromatic N) is 2. The SMILES string of the molecule is CCCSNc1ccc(F)c(C(=O)c2ccc3[nH]c4ncc(-c5ccc(C(=O)NCC(O)CO)nc5)cc4c3c2)c1F. The molecule has 0 aliphatic heterocycles. The van der Waals surface area contributed by atoms with Gasteiger partial charge in [0.25, 0.3) is 5.91 Å². The highest BCUT2D eigenvalue weighted by Crippen LogP contribution is 2.31. The van der Waals surface area contributed by atoms with Crippen LogP contribution in [0.1, 0.15) is 39.8 Å². The Morgan fingerprint density at radius 1 is 1.02 bits per heavy atom. The van der Waals surface area contributed by atoms with Crippen LogP contribution in [0.25, 0.3) is 33.1 Å². The van der Waals surface area contributed by atoms with E-state index in [1.54, 1.807) is 24.4 Å². The molecule has 5 rings (SSSR count). The van der Waals surface area contributed by atoms with Gasteiger partial charge in [-0.1, -0.05) is 24.9 Å². The quantitative estimate of drug-likeness (QED) is 0.0835. The van der Waals surface area contributed by atoms with Gasteiger partial charge in [-0.3, -0.25) is 14.6 Å². The zero-order valence-electron chi connectivity index (χ0n) is 22.4. The minimum absolute atomic E-state index is 0.0417. The fourth-order valence-electron chi connectivity index (χ4n) is 4.35. The third-order valence-electron chi connectivity index (χ3n) is 6.56. The van der Waals surface area contributed by atoms with Crippen LogP contribution in [0.2, 0.25) is 0 Å². The summed E-state index contributed by atoms with van der Waals surface area (Å²) in [7, 11) is 0. The number of carbonyl (C=O) groups excluding carboxylic acids is 2. The number of halogens is 2. The number of rotatable bonds is 11. The maximum Gasteiger partial charge on any atom is 0.269 e. The summed E-state index contributed by atoms with van der Waals surface area (Å²) in [5.41, 5.74) is 2.28. The number of aromatic amines is 1. The van der Waals surface area contributed by atoms with Crippen molar-refractivity contribution in [2.75, 3.05) is 23.6 Å². The summed E-state index contributed by atoms with van der Waals surface area (Å²) in [6.45, 7) is 1.40. The van der Waals surface area contributed by atoms with Crippen LogP contribution < -0.4 is 10.0 Å². The zero-order chi connectivity index (χ0) is 29.8. The largest absolute Gasteiger partial charge is 0.394 e. The Balaban J connectivity index is 1.45. The van der Waals surface area contributed by atoms with E-state index in [4.69, 9.17) is 5.11 Å². The molecule has 9 nitrogen and oxygen atoms in total. The van der Waals surface area contributed by atoms with E-state index in [2.05, 4.69) is 25.0 Å². The molecule has 3 heterocycles. The third-order valence-corrected chi connectivity index (χ3v) is 7.53. The number of H-pyrrole nitrogens is 1. The second kappa shape index (κ2) is 12.6. The van der Waals surface area contributed by atoms with Crippen LogP contribution in [0, 0.1) is 11.6 Å². The average molecular weight is 592 g/mol. The number of hydrogen-bond donors (Lipinski definition) is 5. The fraction of sp³-hybridized carbons (Fsp3) is 0.200. The van der Waals surface area contributed by atoms with Gasteiger partial charge in [-0.05, 0) is 48.9 Å². The molecule has 1 atom stereocenters. The Labute approximate surface area is 243 Å². The van der Waals surface area contributed by atoms with Gasteiger partial charge in [-0.2, -0.15) is 0 Å². The highest BCUT2D eigenvalue weighted by atomic mass is 32.2. The molecule has 0 saturated heterocycles. The van der Waals surface area contributed by atoms with E-state index in [1.807, 2.05) is 13.0 Å². The van der Waals surface area contributed by atoms with Gasteiger partial charge in [0, 0.05) is 57.7 Å². The number of amides is 1. The van der Waals surface area contributed by atoms with E-state index in [0.717, 1.165) is 18.2 Å². The lowest BCUT2D eigenvalue weighted by atomic mass is 9.99. The van der Waals surface area contributed by atoms with Crippen molar-refractivity contribution in [2.24, 2.45) is 0 Å². The molecule has 0 saturated carbocycles. The fourth-order valence-corrected chi connectivity index (χ4v) is 4.97. The molecular weight excluding hydrogens is 564 g/mol. The number of fused-ring (bicyclic) bond motifs is 3. The first-order chi connectivity index (χ1) is 20.3. The van der Waals surface area contributed by atoms with Gasteiger partial charge >= 0.3 is 0 Å². The second-order valence-corrected chi connectivity index (χ2v) is 10.4. The summed E-state index contributed by atoms with van der Waals surface area (Å²) in [5, 5.41) is 22.1. The van der Waals surface area contributed by atoms with E-state index >= 15 is 4.39 Å². The standard InChI is InChI=1S/C30H27F2N5O4S/c1-2-9-42-37-24-8-5-22(31)26(27(24)32)28(40)16-3-6-23-20(10-16)21-11-18(13-34-29(21)36-23)17-4-7-25(33-12-17)30(41)35-14-19(39)15-38/h3-8,10-13,19,37-39H,2,9,14-15H2,1H3,(H,34,36)(H,35,41). The van der Waals surface area contributed by atoms with E-state index in [0.29, 0.717) is 33.1 Å². The smallest absolute Gasteiger partial charge is 0.269 e. The van der Waals surface area contributed by atoms with Crippen molar-refractivity contribution in [1.82, 2.24) is 20.3 Å². The first-order valence-electron chi connectivity index (χ1n) is 13.2. The van der Waals surface area contributed by atoms with E-state index in [9.17, 15) is 19.1 Å². The van der Waals surface area contributed by atoms with Gasteiger partial charge in [0.1, 0.15) is 17.2 Å². The summed E-state index contributed by atoms with van der Waals surface area (Å²) in [4.78, 5) is 37.5. The van der Waals surface area contributed by atoms with Crippen LogP contribution in [0.5, 0.6) is 0 Å². The van der Waals surface area contributed by atoms with Crippen LogP contribution in [0.15, 0.2) is 60.9 Å². The summed E-state index contributed by atoms with van der Waals surface area (Å²) in [5.74, 6) is -2.44. The van der Waals surface area contributed by atoms with Gasteiger partial charge in [0.15, 0.2) is 11.6 Å². The van der Waals surface area contributed by atoms with Crippen LogP contribution in [0.4, 0.5) is 14.5 Å². The Bertz CT molecular complexity index is 1780. The summed E-state index contributed by atoms with van der Waals surface area (Å²) < 4.78 is 32.8. The predicted molar refractivity (Wildman–Crippen MR) is 158 cm³/mol. The lowest BCUT2D eigenvalue weighted by molar-refractivity contribution is 0.0798. The number of benzene rings is 2. The molecule has 0 aliphatic carbocycles. The molecule has 0 bridgehead atoms. The Morgan fingerprint density at radius 2 is 1.83 bits per heavy atom. The average Bonchev–Trinajstić information content (AvgIpc) is 3.38. The molecule has 0 spiro atoms. The van der Waals surface area contributed by atoms with Crippen molar-refractivity contribution in [3.8, 4) is 11.1 Å². The molecule has 5 aromatic rings. The van der Waals surface area contributed by atoms with Gasteiger partial charge in [0.05, 0.1) is 24.0 Å². The molecule has 5 N–H and O–H groups in total. The number of aliphatic hydroxyl groups excluding tert-OH is 2. The first kappa shape index (κ1) is 29.1. The molecular formula is C30H27F2N5O4S. The number of aromatic nitrogens is 3. The highest BCUT2D eigenvalue weighted by Gasteiger charge is 2.23. The Kier molecular flexibility index (Phi) is 8.76. The van der Waals surface area contributed by atoms with Gasteiger partial charge in [0.2, 0.25) is 0 Å². The Hall–Kier alpha value is -4.39. The molecule has 0 aliphatic rings. The second-order valence-electron chi connectivity index (χ2n) is 9.55. The molecule has 1 amide bonds. The minimum Gasteiger partial charge on any atom is -0.394 e. The molecule has 3 aromatic heterocycles. The first-order valence-corrected chi connectivity index (χ1v) is 14.1. The van der Waals surface area contributed by atoms with Crippen LogP contribution >= 0.6 is 11.9 Å². The lowest BCUT2D eigenvalue weighted by Gasteiger charge is -2.10. The van der Waals surface area contributed by atoms with Crippen LogP contribution in [-0.2, 0) is 0 Å². The Morgan fingerprint density at radius 3 is 2.57 bits per heavy atom. The number of pyridine rings is 2. The van der Waals surface area contributed by atoms with Crippen molar-refractivity contribution in [3.63, 3.8) is 0 Å². The van der Waals surface area contributed by atoms with E-state index < -0.39 is 41.6 Å². The number of carbonyl (C=O) groups is 2. The van der Waals surface area contributed by atoms with Crippen LogP contribution in [0.3, 0.4) is 0 Å². The maximum atomic E-state index is 15.2. The monoisotopic (exact) mass is 591 g/mol. The highest BCUT2D eigenvalue weighted by molar-refractivity contribution is 8.00. The lowest BCUT2D eigenvalue weighted by Crippen LogP contribution is -2.34. The molecule has 1 unspecified atom stereocenters. The number of ketones is 1. The predicted octanol–water partition coefficient (Wildman–Crippen LogP) is 4.84. The molecule has 0 fully saturated rings.